The van der Waals surface area contributed by atoms with E-state index in [0.29, 0.717) is 0 Å². The van der Waals surface area contributed by atoms with Crippen LogP contribution in [0.25, 0.3) is 11.1 Å². The molecule has 3 nitrogen and oxygen atoms in total. The number of alkyl halides is 3. The quantitative estimate of drug-likeness (QED) is 0.638. The first-order valence-electron chi connectivity index (χ1n) is 5.78. The maximum absolute atomic E-state index is 13.9. The Labute approximate surface area is 117 Å². The summed E-state index contributed by atoms with van der Waals surface area (Å²) in [7, 11) is 0. The van der Waals surface area contributed by atoms with E-state index < -0.39 is 18.1 Å². The van der Waals surface area contributed by atoms with E-state index in [4.69, 9.17) is 5.26 Å². The van der Waals surface area contributed by atoms with Crippen molar-refractivity contribution in [3.63, 3.8) is 0 Å². The number of ether oxygens (including phenoxy) is 1. The molecule has 0 atom stereocenters. The molecule has 0 unspecified atom stereocenters. The highest BCUT2D eigenvalue weighted by atomic mass is 19.4. The SMILES string of the molecule is N#CCc1ccc(-c2ccccc2OC(F)(F)F)c(F)n1. The van der Waals surface area contributed by atoms with E-state index in [1.807, 2.05) is 6.07 Å². The highest BCUT2D eigenvalue weighted by Crippen LogP contribution is 2.34. The number of benzene rings is 1. The fraction of sp³-hybridized carbons (Fsp3) is 0.143. The fourth-order valence-electron chi connectivity index (χ4n) is 1.76. The molecule has 2 aromatic rings. The van der Waals surface area contributed by atoms with Crippen molar-refractivity contribution in [3.8, 4) is 22.9 Å². The minimum Gasteiger partial charge on any atom is -0.405 e. The summed E-state index contributed by atoms with van der Waals surface area (Å²) in [5.74, 6) is -1.47. The predicted molar refractivity (Wildman–Crippen MR) is 65.6 cm³/mol. The summed E-state index contributed by atoms with van der Waals surface area (Å²) >= 11 is 0. The van der Waals surface area contributed by atoms with E-state index in [1.54, 1.807) is 0 Å². The van der Waals surface area contributed by atoms with Crippen LogP contribution in [-0.2, 0) is 6.42 Å². The lowest BCUT2D eigenvalue weighted by atomic mass is 10.1. The van der Waals surface area contributed by atoms with Gasteiger partial charge in [0.05, 0.1) is 18.2 Å². The van der Waals surface area contributed by atoms with Crippen molar-refractivity contribution in [1.29, 1.82) is 5.26 Å². The van der Waals surface area contributed by atoms with Crippen LogP contribution in [0.5, 0.6) is 5.75 Å². The zero-order valence-corrected chi connectivity index (χ0v) is 10.5. The van der Waals surface area contributed by atoms with Gasteiger partial charge in [-0.15, -0.1) is 13.2 Å². The molecule has 21 heavy (non-hydrogen) atoms. The minimum atomic E-state index is -4.87. The number of hydrogen-bond acceptors (Lipinski definition) is 3. The average molecular weight is 296 g/mol. The number of pyridine rings is 1. The van der Waals surface area contributed by atoms with Crippen LogP contribution in [0.2, 0.25) is 0 Å². The summed E-state index contributed by atoms with van der Waals surface area (Å²) < 4.78 is 54.8. The minimum absolute atomic E-state index is 0.0664. The maximum atomic E-state index is 13.9. The van der Waals surface area contributed by atoms with E-state index in [1.165, 1.54) is 30.3 Å². The second-order valence-corrected chi connectivity index (χ2v) is 4.02. The Hall–Kier alpha value is -2.62. The van der Waals surface area contributed by atoms with Gasteiger partial charge in [0.2, 0.25) is 5.95 Å². The molecule has 0 radical (unpaired) electrons. The third-order valence-electron chi connectivity index (χ3n) is 2.57. The van der Waals surface area contributed by atoms with Crippen LogP contribution in [0.15, 0.2) is 36.4 Å². The standard InChI is InChI=1S/C14H8F4N2O/c15-13-11(6-5-9(20-13)7-8-19)10-3-1-2-4-12(10)21-14(16,17)18/h1-6H,7H2. The van der Waals surface area contributed by atoms with Crippen LogP contribution in [0, 0.1) is 17.3 Å². The number of halogens is 4. The van der Waals surface area contributed by atoms with Gasteiger partial charge in [0, 0.05) is 11.1 Å². The first-order valence-corrected chi connectivity index (χ1v) is 5.78. The highest BCUT2D eigenvalue weighted by Gasteiger charge is 2.32. The number of rotatable bonds is 3. The molecule has 1 aromatic carbocycles. The normalized spacial score (nSPS) is 11.0. The molecule has 0 amide bonds. The average Bonchev–Trinajstić information content (AvgIpc) is 2.39. The van der Waals surface area contributed by atoms with Gasteiger partial charge in [-0.1, -0.05) is 18.2 Å². The zero-order valence-electron chi connectivity index (χ0n) is 10.5. The van der Waals surface area contributed by atoms with Crippen molar-refractivity contribution in [2.45, 2.75) is 12.8 Å². The lowest BCUT2D eigenvalue weighted by molar-refractivity contribution is -0.274. The molecule has 1 aromatic heterocycles. The molecule has 0 fully saturated rings. The summed E-state index contributed by atoms with van der Waals surface area (Å²) in [6.45, 7) is 0. The molecule has 1 heterocycles. The van der Waals surface area contributed by atoms with Gasteiger partial charge in [0.15, 0.2) is 0 Å². The van der Waals surface area contributed by atoms with Crippen molar-refractivity contribution < 1.29 is 22.3 Å². The van der Waals surface area contributed by atoms with Crippen LogP contribution < -0.4 is 4.74 Å². The molecule has 0 N–H and O–H groups in total. The largest absolute Gasteiger partial charge is 0.573 e. The molecule has 0 aliphatic carbocycles. The Bertz CT molecular complexity index is 692. The summed E-state index contributed by atoms with van der Waals surface area (Å²) in [6, 6.07) is 9.65. The van der Waals surface area contributed by atoms with Crippen molar-refractivity contribution in [2.24, 2.45) is 0 Å². The van der Waals surface area contributed by atoms with E-state index in [-0.39, 0.29) is 23.2 Å². The Morgan fingerprint density at radius 3 is 2.43 bits per heavy atom. The van der Waals surface area contributed by atoms with E-state index in [2.05, 4.69) is 9.72 Å². The molecule has 108 valence electrons. The maximum Gasteiger partial charge on any atom is 0.573 e. The van der Waals surface area contributed by atoms with Gasteiger partial charge in [-0.05, 0) is 18.2 Å². The van der Waals surface area contributed by atoms with Gasteiger partial charge < -0.3 is 4.74 Å². The van der Waals surface area contributed by atoms with Gasteiger partial charge >= 0.3 is 6.36 Å². The Kier molecular flexibility index (Phi) is 4.08. The molecule has 0 aliphatic heterocycles. The fourth-order valence-corrected chi connectivity index (χ4v) is 1.76. The second kappa shape index (κ2) is 5.79. The van der Waals surface area contributed by atoms with Crippen molar-refractivity contribution >= 4 is 0 Å². The summed E-state index contributed by atoms with van der Waals surface area (Å²) in [4.78, 5) is 3.55. The molecule has 7 heteroatoms. The smallest absolute Gasteiger partial charge is 0.405 e. The monoisotopic (exact) mass is 296 g/mol. The molecule has 0 saturated heterocycles. The third kappa shape index (κ3) is 3.69. The van der Waals surface area contributed by atoms with Gasteiger partial charge in [0.25, 0.3) is 0 Å². The van der Waals surface area contributed by atoms with Crippen molar-refractivity contribution in [1.82, 2.24) is 4.98 Å². The molecular formula is C14H8F4N2O. The molecule has 0 bridgehead atoms. The second-order valence-electron chi connectivity index (χ2n) is 4.02. The number of para-hydroxylation sites is 1. The Balaban J connectivity index is 2.45. The lowest BCUT2D eigenvalue weighted by Crippen LogP contribution is -2.17. The van der Waals surface area contributed by atoms with Crippen LogP contribution in [0.4, 0.5) is 17.6 Å². The van der Waals surface area contributed by atoms with Crippen LogP contribution in [0.1, 0.15) is 5.69 Å². The number of aromatic nitrogens is 1. The third-order valence-corrected chi connectivity index (χ3v) is 2.57. The van der Waals surface area contributed by atoms with E-state index >= 15 is 0 Å². The Morgan fingerprint density at radius 2 is 1.81 bits per heavy atom. The van der Waals surface area contributed by atoms with E-state index in [9.17, 15) is 17.6 Å². The molecular weight excluding hydrogens is 288 g/mol. The van der Waals surface area contributed by atoms with Gasteiger partial charge in [0.1, 0.15) is 5.75 Å². The molecule has 0 saturated carbocycles. The first kappa shape index (κ1) is 14.8. The summed E-state index contributed by atoms with van der Waals surface area (Å²) in [6.07, 6.45) is -4.96. The highest BCUT2D eigenvalue weighted by molar-refractivity contribution is 5.70. The van der Waals surface area contributed by atoms with E-state index in [0.717, 1.165) is 6.07 Å². The van der Waals surface area contributed by atoms with Crippen LogP contribution >= 0.6 is 0 Å². The van der Waals surface area contributed by atoms with Gasteiger partial charge in [-0.25, -0.2) is 4.98 Å². The lowest BCUT2D eigenvalue weighted by Gasteiger charge is -2.13. The van der Waals surface area contributed by atoms with Gasteiger partial charge in [-0.3, -0.25) is 0 Å². The number of hydrogen-bond donors (Lipinski definition) is 0. The van der Waals surface area contributed by atoms with Crippen LogP contribution in [0.3, 0.4) is 0 Å². The number of nitrogens with zero attached hydrogens (tertiary/aromatic N) is 2. The predicted octanol–water partition coefficient (Wildman–Crippen LogP) is 3.85. The first-order chi connectivity index (χ1) is 9.90. The number of nitriles is 1. The summed E-state index contributed by atoms with van der Waals surface area (Å²) in [5, 5.41) is 8.51. The Morgan fingerprint density at radius 1 is 1.10 bits per heavy atom. The topological polar surface area (TPSA) is 45.9 Å². The summed E-state index contributed by atoms with van der Waals surface area (Å²) in [5.41, 5.74) is 0.00726. The zero-order chi connectivity index (χ0) is 15.5. The molecule has 0 aliphatic rings. The van der Waals surface area contributed by atoms with Crippen molar-refractivity contribution in [3.05, 3.63) is 48.0 Å². The molecule has 0 spiro atoms. The van der Waals surface area contributed by atoms with Gasteiger partial charge in [-0.2, -0.15) is 9.65 Å². The van der Waals surface area contributed by atoms with Crippen LogP contribution in [-0.4, -0.2) is 11.3 Å². The van der Waals surface area contributed by atoms with Crippen molar-refractivity contribution in [2.75, 3.05) is 0 Å². The molecule has 2 rings (SSSR count).